The molecule has 4 nitrogen and oxygen atoms in total. The fourth-order valence-electron chi connectivity index (χ4n) is 3.15. The monoisotopic (exact) mass is 309 g/mol. The van der Waals surface area contributed by atoms with Crippen LogP contribution in [-0.4, -0.2) is 16.4 Å². The predicted molar refractivity (Wildman–Crippen MR) is 91.6 cm³/mol. The second-order valence-corrected chi connectivity index (χ2v) is 6.42. The summed E-state index contributed by atoms with van der Waals surface area (Å²) in [4.78, 5) is 16.5. The van der Waals surface area contributed by atoms with Crippen molar-refractivity contribution in [2.75, 3.05) is 0 Å². The van der Waals surface area contributed by atoms with E-state index in [0.717, 1.165) is 42.4 Å². The SMILES string of the molecule is CC(NC(=O)C1(N)CCCC1)c1ccc(-c2cccnc2)cc1. The molecule has 2 aromatic rings. The van der Waals surface area contributed by atoms with Crippen molar-refractivity contribution in [2.45, 2.75) is 44.2 Å². The quantitative estimate of drug-likeness (QED) is 0.911. The summed E-state index contributed by atoms with van der Waals surface area (Å²) in [7, 11) is 0. The van der Waals surface area contributed by atoms with Gasteiger partial charge in [0.15, 0.2) is 0 Å². The van der Waals surface area contributed by atoms with Crippen molar-refractivity contribution in [1.29, 1.82) is 0 Å². The van der Waals surface area contributed by atoms with Crippen molar-refractivity contribution in [1.82, 2.24) is 10.3 Å². The molecule has 0 radical (unpaired) electrons. The molecule has 1 atom stereocenters. The van der Waals surface area contributed by atoms with Crippen molar-refractivity contribution in [3.05, 3.63) is 54.4 Å². The minimum atomic E-state index is -0.677. The molecule has 1 aromatic carbocycles. The summed E-state index contributed by atoms with van der Waals surface area (Å²) < 4.78 is 0. The zero-order valence-electron chi connectivity index (χ0n) is 13.5. The van der Waals surface area contributed by atoms with Crippen LogP contribution < -0.4 is 11.1 Å². The first-order chi connectivity index (χ1) is 11.1. The average Bonchev–Trinajstić information content (AvgIpc) is 3.04. The number of hydrogen-bond donors (Lipinski definition) is 2. The van der Waals surface area contributed by atoms with Crippen molar-refractivity contribution in [3.8, 4) is 11.1 Å². The molecule has 1 unspecified atom stereocenters. The van der Waals surface area contributed by atoms with Gasteiger partial charge in [-0.25, -0.2) is 0 Å². The number of carbonyl (C=O) groups excluding carboxylic acids is 1. The lowest BCUT2D eigenvalue weighted by Crippen LogP contribution is -2.52. The Morgan fingerprint density at radius 2 is 1.87 bits per heavy atom. The van der Waals surface area contributed by atoms with E-state index in [1.165, 1.54) is 0 Å². The number of nitrogens with two attached hydrogens (primary N) is 1. The van der Waals surface area contributed by atoms with Crippen molar-refractivity contribution < 1.29 is 4.79 Å². The molecule has 3 rings (SSSR count). The van der Waals surface area contributed by atoms with Crippen molar-refractivity contribution >= 4 is 5.91 Å². The van der Waals surface area contributed by atoms with E-state index in [0.29, 0.717) is 0 Å². The molecule has 4 heteroatoms. The number of nitrogens with zero attached hydrogens (tertiary/aromatic N) is 1. The van der Waals surface area contributed by atoms with Crippen LogP contribution in [0, 0.1) is 0 Å². The average molecular weight is 309 g/mol. The van der Waals surface area contributed by atoms with Crippen LogP contribution in [-0.2, 0) is 4.79 Å². The predicted octanol–water partition coefficient (Wildman–Crippen LogP) is 3.20. The number of benzene rings is 1. The molecule has 1 saturated carbocycles. The number of aromatic nitrogens is 1. The van der Waals surface area contributed by atoms with E-state index < -0.39 is 5.54 Å². The Morgan fingerprint density at radius 3 is 2.48 bits per heavy atom. The zero-order chi connectivity index (χ0) is 16.3. The Balaban J connectivity index is 1.68. The first-order valence-electron chi connectivity index (χ1n) is 8.19. The minimum Gasteiger partial charge on any atom is -0.348 e. The number of hydrogen-bond acceptors (Lipinski definition) is 3. The van der Waals surface area contributed by atoms with Gasteiger partial charge in [-0.15, -0.1) is 0 Å². The highest BCUT2D eigenvalue weighted by Gasteiger charge is 2.37. The number of rotatable bonds is 4. The molecule has 1 aliphatic carbocycles. The first kappa shape index (κ1) is 15.7. The molecule has 0 aliphatic heterocycles. The smallest absolute Gasteiger partial charge is 0.240 e. The van der Waals surface area contributed by atoms with Gasteiger partial charge < -0.3 is 11.1 Å². The third-order valence-electron chi connectivity index (χ3n) is 4.70. The van der Waals surface area contributed by atoms with E-state index in [1.54, 1.807) is 6.20 Å². The van der Waals surface area contributed by atoms with Gasteiger partial charge >= 0.3 is 0 Å². The minimum absolute atomic E-state index is 0.0289. The lowest BCUT2D eigenvalue weighted by molar-refractivity contribution is -0.126. The van der Waals surface area contributed by atoms with Gasteiger partial charge in [0.1, 0.15) is 0 Å². The summed E-state index contributed by atoms with van der Waals surface area (Å²) in [6.07, 6.45) is 7.26. The Morgan fingerprint density at radius 1 is 1.17 bits per heavy atom. The third kappa shape index (κ3) is 3.42. The summed E-state index contributed by atoms with van der Waals surface area (Å²) in [5.74, 6) is -0.0289. The van der Waals surface area contributed by atoms with Gasteiger partial charge in [0, 0.05) is 12.4 Å². The molecule has 120 valence electrons. The fraction of sp³-hybridized carbons (Fsp3) is 0.368. The van der Waals surface area contributed by atoms with Crippen LogP contribution >= 0.6 is 0 Å². The number of amides is 1. The van der Waals surface area contributed by atoms with Gasteiger partial charge in [-0.3, -0.25) is 9.78 Å². The van der Waals surface area contributed by atoms with E-state index >= 15 is 0 Å². The van der Waals surface area contributed by atoms with E-state index in [1.807, 2.05) is 37.4 Å². The number of carbonyl (C=O) groups is 1. The highest BCUT2D eigenvalue weighted by molar-refractivity contribution is 5.86. The van der Waals surface area contributed by atoms with Crippen LogP contribution in [0.1, 0.15) is 44.2 Å². The molecular formula is C19H23N3O. The van der Waals surface area contributed by atoms with Gasteiger partial charge in [0.05, 0.1) is 11.6 Å². The van der Waals surface area contributed by atoms with E-state index in [-0.39, 0.29) is 11.9 Å². The highest BCUT2D eigenvalue weighted by Crippen LogP contribution is 2.28. The van der Waals surface area contributed by atoms with Gasteiger partial charge in [0.25, 0.3) is 0 Å². The van der Waals surface area contributed by atoms with Crippen LogP contribution in [0.5, 0.6) is 0 Å². The largest absolute Gasteiger partial charge is 0.348 e. The summed E-state index contributed by atoms with van der Waals surface area (Å²) >= 11 is 0. The van der Waals surface area contributed by atoms with Gasteiger partial charge in [-0.2, -0.15) is 0 Å². The van der Waals surface area contributed by atoms with Gasteiger partial charge in [0.2, 0.25) is 5.91 Å². The van der Waals surface area contributed by atoms with Gasteiger partial charge in [-0.1, -0.05) is 43.2 Å². The highest BCUT2D eigenvalue weighted by atomic mass is 16.2. The van der Waals surface area contributed by atoms with E-state index in [4.69, 9.17) is 5.73 Å². The Hall–Kier alpha value is -2.20. The maximum Gasteiger partial charge on any atom is 0.240 e. The summed E-state index contributed by atoms with van der Waals surface area (Å²) in [6.45, 7) is 2.00. The van der Waals surface area contributed by atoms with Crippen LogP contribution in [0.15, 0.2) is 48.8 Å². The number of pyridine rings is 1. The third-order valence-corrected chi connectivity index (χ3v) is 4.70. The summed E-state index contributed by atoms with van der Waals surface area (Å²) in [5.41, 5.74) is 8.81. The zero-order valence-corrected chi connectivity index (χ0v) is 13.5. The molecule has 1 aliphatic rings. The molecule has 0 bridgehead atoms. The topological polar surface area (TPSA) is 68.0 Å². The molecular weight excluding hydrogens is 286 g/mol. The summed E-state index contributed by atoms with van der Waals surface area (Å²) in [5, 5.41) is 3.06. The molecule has 1 amide bonds. The maximum absolute atomic E-state index is 12.4. The lowest BCUT2D eigenvalue weighted by Gasteiger charge is -2.25. The molecule has 0 spiro atoms. The van der Waals surface area contributed by atoms with Crippen molar-refractivity contribution in [3.63, 3.8) is 0 Å². The summed E-state index contributed by atoms with van der Waals surface area (Å²) in [6, 6.07) is 12.1. The second kappa shape index (κ2) is 6.50. The van der Waals surface area contributed by atoms with E-state index in [9.17, 15) is 4.79 Å². The molecule has 1 fully saturated rings. The molecule has 3 N–H and O–H groups in total. The Labute approximate surface area is 137 Å². The maximum atomic E-state index is 12.4. The first-order valence-corrected chi connectivity index (χ1v) is 8.19. The van der Waals surface area contributed by atoms with E-state index in [2.05, 4.69) is 22.4 Å². The second-order valence-electron chi connectivity index (χ2n) is 6.42. The van der Waals surface area contributed by atoms with Crippen LogP contribution in [0.4, 0.5) is 0 Å². The van der Waals surface area contributed by atoms with Crippen LogP contribution in [0.2, 0.25) is 0 Å². The molecule has 0 saturated heterocycles. The molecule has 23 heavy (non-hydrogen) atoms. The molecule has 1 aromatic heterocycles. The van der Waals surface area contributed by atoms with Gasteiger partial charge in [-0.05, 0) is 42.5 Å². The van der Waals surface area contributed by atoms with Crippen molar-refractivity contribution in [2.24, 2.45) is 5.73 Å². The standard InChI is InChI=1S/C19H23N3O/c1-14(22-18(23)19(20)10-2-3-11-19)15-6-8-16(9-7-15)17-5-4-12-21-13-17/h4-9,12-14H,2-3,10-11,20H2,1H3,(H,22,23). The van der Waals surface area contributed by atoms with Crippen LogP contribution in [0.3, 0.4) is 0 Å². The normalized spacial score (nSPS) is 17.7. The fourth-order valence-corrected chi connectivity index (χ4v) is 3.15. The Bertz CT molecular complexity index is 661. The van der Waals surface area contributed by atoms with Crippen LogP contribution in [0.25, 0.3) is 11.1 Å². The Kier molecular flexibility index (Phi) is 4.44. The number of nitrogens with one attached hydrogen (secondary N) is 1. The lowest BCUT2D eigenvalue weighted by atomic mass is 9.96. The molecule has 1 heterocycles.